The van der Waals surface area contributed by atoms with E-state index in [1.807, 2.05) is 30.5 Å². The highest BCUT2D eigenvalue weighted by atomic mass is 32.2. The van der Waals surface area contributed by atoms with Gasteiger partial charge in [0.25, 0.3) is 0 Å². The van der Waals surface area contributed by atoms with Crippen LogP contribution in [0, 0.1) is 22.7 Å². The Hall–Kier alpha value is -1.20. The Labute approximate surface area is 248 Å². The van der Waals surface area contributed by atoms with Crippen LogP contribution in [0.2, 0.25) is 0 Å². The number of thioether (sulfide) groups is 1. The Kier molecular flexibility index (Phi) is 7.08. The molecule has 0 amide bonds. The molecule has 1 aromatic carbocycles. The largest absolute Gasteiger partial charge is 0.456 e. The number of allylic oxidation sites excluding steroid dienone is 1. The molecule has 0 unspecified atom stereocenters. The standard InChI is InChI=1S/C32H41F5O4S/c1-26(2)17-40-29(41-18-26)13-10-24-25-21(9-12-28(24,38)16-29)23-11-14-30(39,31(33,34)32(35,36)37)27(23,3)15-22(25)19-5-7-20(42-4)8-6-19/h5-8,21-23,38-39H,9-18H2,1-4H3/t21-,22+,23-,27-,28+,30-/m0/s1. The van der Waals surface area contributed by atoms with E-state index in [4.69, 9.17) is 9.47 Å². The number of aliphatic hydroxyl groups is 2. The summed E-state index contributed by atoms with van der Waals surface area (Å²) >= 11 is 1.55. The van der Waals surface area contributed by atoms with Gasteiger partial charge in [-0.2, -0.15) is 22.0 Å². The fourth-order valence-electron chi connectivity index (χ4n) is 9.14. The normalized spacial score (nSPS) is 39.5. The number of alkyl halides is 5. The van der Waals surface area contributed by atoms with Crippen LogP contribution in [0.1, 0.15) is 83.6 Å². The van der Waals surface area contributed by atoms with Crippen molar-refractivity contribution >= 4 is 11.8 Å². The fraction of sp³-hybridized carbons (Fsp3) is 0.750. The van der Waals surface area contributed by atoms with Crippen LogP contribution in [0.15, 0.2) is 40.3 Å². The Morgan fingerprint density at radius 3 is 2.14 bits per heavy atom. The van der Waals surface area contributed by atoms with Gasteiger partial charge in [0.05, 0.1) is 18.8 Å². The summed E-state index contributed by atoms with van der Waals surface area (Å²) in [4.78, 5) is 1.00. The zero-order valence-electron chi connectivity index (χ0n) is 24.6. The van der Waals surface area contributed by atoms with Crippen LogP contribution in [-0.4, -0.2) is 58.8 Å². The van der Waals surface area contributed by atoms with Crippen molar-refractivity contribution in [1.82, 2.24) is 0 Å². The van der Waals surface area contributed by atoms with Crippen molar-refractivity contribution in [2.45, 2.75) is 112 Å². The van der Waals surface area contributed by atoms with Crippen LogP contribution in [0.4, 0.5) is 22.0 Å². The molecule has 1 aliphatic heterocycles. The summed E-state index contributed by atoms with van der Waals surface area (Å²) in [7, 11) is 0. The van der Waals surface area contributed by atoms with Crippen molar-refractivity contribution in [1.29, 1.82) is 0 Å². The zero-order chi connectivity index (χ0) is 30.6. The number of hydrogen-bond donors (Lipinski definition) is 2. The third kappa shape index (κ3) is 4.36. The van der Waals surface area contributed by atoms with Gasteiger partial charge in [-0.3, -0.25) is 0 Å². The molecule has 10 heteroatoms. The molecule has 0 radical (unpaired) electrons. The summed E-state index contributed by atoms with van der Waals surface area (Å²) in [5.74, 6) is -7.55. The first kappa shape index (κ1) is 30.8. The van der Waals surface area contributed by atoms with Crippen molar-refractivity contribution < 1.29 is 41.6 Å². The Balaban J connectivity index is 1.45. The Morgan fingerprint density at radius 1 is 0.905 bits per heavy atom. The van der Waals surface area contributed by atoms with E-state index in [9.17, 15) is 23.4 Å². The number of ether oxygens (including phenoxy) is 2. The van der Waals surface area contributed by atoms with Crippen molar-refractivity contribution in [3.63, 3.8) is 0 Å². The van der Waals surface area contributed by atoms with Gasteiger partial charge in [0.2, 0.25) is 0 Å². The van der Waals surface area contributed by atoms with Gasteiger partial charge in [0.15, 0.2) is 5.79 Å². The number of benzene rings is 1. The predicted octanol–water partition coefficient (Wildman–Crippen LogP) is 7.63. The van der Waals surface area contributed by atoms with Gasteiger partial charge in [0.1, 0.15) is 5.60 Å². The lowest BCUT2D eigenvalue weighted by atomic mass is 9.49. The van der Waals surface area contributed by atoms with Crippen LogP contribution in [0.25, 0.3) is 0 Å². The topological polar surface area (TPSA) is 58.9 Å². The van der Waals surface area contributed by atoms with Crippen LogP contribution >= 0.6 is 11.8 Å². The van der Waals surface area contributed by atoms with Crippen molar-refractivity contribution in [2.75, 3.05) is 19.5 Å². The highest BCUT2D eigenvalue weighted by molar-refractivity contribution is 7.98. The maximum Gasteiger partial charge on any atom is 0.456 e. The Morgan fingerprint density at radius 2 is 1.55 bits per heavy atom. The molecule has 6 atom stereocenters. The molecular formula is C32H41F5O4S. The first-order valence-electron chi connectivity index (χ1n) is 15.0. The van der Waals surface area contributed by atoms with Gasteiger partial charge in [0, 0.05) is 34.5 Å². The van der Waals surface area contributed by atoms with E-state index in [1.165, 1.54) is 6.92 Å². The van der Waals surface area contributed by atoms with Crippen molar-refractivity contribution in [3.8, 4) is 0 Å². The lowest BCUT2D eigenvalue weighted by Crippen LogP contribution is -2.65. The first-order chi connectivity index (χ1) is 19.4. The first-order valence-corrected chi connectivity index (χ1v) is 16.2. The molecule has 4 nitrogen and oxygen atoms in total. The van der Waals surface area contributed by atoms with E-state index in [0.717, 1.165) is 21.6 Å². The van der Waals surface area contributed by atoms with Gasteiger partial charge in [-0.25, -0.2) is 0 Å². The number of hydrogen-bond acceptors (Lipinski definition) is 5. The number of fused-ring (bicyclic) bond motifs is 4. The lowest BCUT2D eigenvalue weighted by Gasteiger charge is -2.59. The van der Waals surface area contributed by atoms with Crippen LogP contribution in [0.5, 0.6) is 0 Å². The smallest absolute Gasteiger partial charge is 0.385 e. The molecule has 1 aromatic rings. The summed E-state index contributed by atoms with van der Waals surface area (Å²) in [6.45, 7) is 6.58. The van der Waals surface area contributed by atoms with Crippen molar-refractivity contribution in [2.24, 2.45) is 22.7 Å². The minimum absolute atomic E-state index is 0.0593. The van der Waals surface area contributed by atoms with Gasteiger partial charge in [-0.1, -0.05) is 38.5 Å². The van der Waals surface area contributed by atoms with E-state index in [2.05, 4.69) is 13.8 Å². The minimum Gasteiger partial charge on any atom is -0.385 e. The molecular weight excluding hydrogens is 575 g/mol. The summed E-state index contributed by atoms with van der Waals surface area (Å²) in [6, 6.07) is 7.68. The average molecular weight is 617 g/mol. The molecule has 2 N–H and O–H groups in total. The van der Waals surface area contributed by atoms with Crippen molar-refractivity contribution in [3.05, 3.63) is 41.0 Å². The second-order valence-corrected chi connectivity index (χ2v) is 15.3. The molecule has 4 fully saturated rings. The number of rotatable bonds is 3. The molecule has 42 heavy (non-hydrogen) atoms. The molecule has 1 spiro atoms. The predicted molar refractivity (Wildman–Crippen MR) is 149 cm³/mol. The molecule has 0 bridgehead atoms. The van der Waals surface area contributed by atoms with Crippen LogP contribution in [0.3, 0.4) is 0 Å². The zero-order valence-corrected chi connectivity index (χ0v) is 25.4. The fourth-order valence-corrected chi connectivity index (χ4v) is 9.55. The number of halogens is 5. The molecule has 6 rings (SSSR count). The summed E-state index contributed by atoms with van der Waals surface area (Å²) in [5, 5.41) is 23.7. The van der Waals surface area contributed by atoms with E-state index in [1.54, 1.807) is 11.8 Å². The Bertz CT molecular complexity index is 1250. The van der Waals surface area contributed by atoms with Gasteiger partial charge in [-0.15, -0.1) is 11.8 Å². The quantitative estimate of drug-likeness (QED) is 0.208. The molecule has 1 heterocycles. The lowest BCUT2D eigenvalue weighted by molar-refractivity contribution is -0.362. The highest BCUT2D eigenvalue weighted by Gasteiger charge is 2.79. The molecule has 234 valence electrons. The van der Waals surface area contributed by atoms with E-state index < -0.39 is 52.8 Å². The van der Waals surface area contributed by atoms with Crippen LogP contribution < -0.4 is 0 Å². The average Bonchev–Trinajstić information content (AvgIpc) is 3.20. The molecule has 5 aliphatic rings. The third-order valence-electron chi connectivity index (χ3n) is 11.4. The van der Waals surface area contributed by atoms with Gasteiger partial charge < -0.3 is 19.7 Å². The summed E-state index contributed by atoms with van der Waals surface area (Å²) in [6.07, 6.45) is -2.47. The second kappa shape index (κ2) is 9.65. The maximum absolute atomic E-state index is 15.2. The summed E-state index contributed by atoms with van der Waals surface area (Å²) < 4.78 is 84.4. The van der Waals surface area contributed by atoms with E-state index >= 15 is 8.78 Å². The second-order valence-electron chi connectivity index (χ2n) is 14.5. The van der Waals surface area contributed by atoms with Gasteiger partial charge >= 0.3 is 12.1 Å². The third-order valence-corrected chi connectivity index (χ3v) is 12.2. The van der Waals surface area contributed by atoms with Gasteiger partial charge in [-0.05, 0) is 79.9 Å². The van der Waals surface area contributed by atoms with Crippen LogP contribution in [-0.2, 0) is 9.47 Å². The minimum atomic E-state index is -5.87. The maximum atomic E-state index is 15.2. The molecule has 4 aliphatic carbocycles. The molecule has 0 aromatic heterocycles. The SMILES string of the molecule is CSc1ccc([C@H]2C[C@@]3(C)[C@@H](CC[C@@]3(O)C(F)(F)C(F)(F)F)[C@@H]3CC[C@@]4(O)CC5(CCC4=C32)OCC(C)(C)CO5)cc1. The monoisotopic (exact) mass is 616 g/mol. The van der Waals surface area contributed by atoms with E-state index in [0.29, 0.717) is 38.9 Å². The summed E-state index contributed by atoms with van der Waals surface area (Å²) in [5.41, 5.74) is -3.63. The molecule has 1 saturated heterocycles. The molecule has 3 saturated carbocycles. The highest BCUT2D eigenvalue weighted by Crippen LogP contribution is 2.71. The van der Waals surface area contributed by atoms with E-state index in [-0.39, 0.29) is 30.6 Å².